The van der Waals surface area contributed by atoms with Crippen molar-refractivity contribution in [3.63, 3.8) is 0 Å². The van der Waals surface area contributed by atoms with Crippen LogP contribution in [0.15, 0.2) is 48.5 Å². The largest absolute Gasteiger partial charge is 0.219 e. The van der Waals surface area contributed by atoms with E-state index in [9.17, 15) is 5.11 Å². The fourth-order valence-electron chi connectivity index (χ4n) is 2.21. The molecule has 0 aliphatic rings. The minimum absolute atomic E-state index is 0.826. The van der Waals surface area contributed by atoms with Crippen LogP contribution in [0.3, 0.4) is 0 Å². The van der Waals surface area contributed by atoms with E-state index < -0.39 is 5.60 Å². The summed E-state index contributed by atoms with van der Waals surface area (Å²) in [4.78, 5) is 0. The van der Waals surface area contributed by atoms with Gasteiger partial charge in [-0.3, -0.25) is 0 Å². The summed E-state index contributed by atoms with van der Waals surface area (Å²) in [5.41, 5.74) is 2.67. The molecule has 0 spiro atoms. The molecule has 0 saturated carbocycles. The summed E-state index contributed by atoms with van der Waals surface area (Å²) >= 11 is 0. The van der Waals surface area contributed by atoms with Gasteiger partial charge in [-0.25, -0.2) is 5.11 Å². The number of hydrogen-bond acceptors (Lipinski definition) is 0. The summed E-state index contributed by atoms with van der Waals surface area (Å²) < 4.78 is 0. The molecule has 0 fully saturated rings. The highest BCUT2D eigenvalue weighted by molar-refractivity contribution is 5.40. The molecular weight excluding hydrogens is 208 g/mol. The van der Waals surface area contributed by atoms with E-state index in [2.05, 4.69) is 0 Å². The number of benzene rings is 2. The summed E-state index contributed by atoms with van der Waals surface area (Å²) in [5.74, 6) is 0. The molecule has 0 heterocycles. The van der Waals surface area contributed by atoms with Crippen LogP contribution in [0, 0.1) is 13.8 Å². The van der Waals surface area contributed by atoms with Gasteiger partial charge in [-0.2, -0.15) is 0 Å². The number of hydrogen-bond donors (Lipinski definition) is 0. The van der Waals surface area contributed by atoms with Gasteiger partial charge in [-0.1, -0.05) is 54.1 Å². The Bertz CT molecular complexity index is 527. The van der Waals surface area contributed by atoms with Crippen molar-refractivity contribution in [2.45, 2.75) is 26.4 Å². The van der Waals surface area contributed by atoms with Crippen molar-refractivity contribution in [3.8, 4) is 0 Å². The van der Waals surface area contributed by atoms with Gasteiger partial charge in [0.15, 0.2) is 5.60 Å². The summed E-state index contributed by atoms with van der Waals surface area (Å²) in [6.45, 7) is 5.74. The Hall–Kier alpha value is -1.60. The van der Waals surface area contributed by atoms with E-state index in [0.717, 1.165) is 22.3 Å². The molecule has 0 aromatic heterocycles. The first kappa shape index (κ1) is 11.9. The van der Waals surface area contributed by atoms with Gasteiger partial charge < -0.3 is 0 Å². The zero-order valence-corrected chi connectivity index (χ0v) is 10.5. The van der Waals surface area contributed by atoms with Crippen molar-refractivity contribution in [2.24, 2.45) is 0 Å². The Labute approximate surface area is 103 Å². The molecule has 87 valence electrons. The highest BCUT2D eigenvalue weighted by Crippen LogP contribution is 2.32. The third-order valence-electron chi connectivity index (χ3n) is 3.23. The van der Waals surface area contributed by atoms with Gasteiger partial charge in [0.1, 0.15) is 0 Å². The lowest BCUT2D eigenvalue weighted by Gasteiger charge is -2.24. The predicted molar refractivity (Wildman–Crippen MR) is 69.5 cm³/mol. The molecule has 0 N–H and O–H groups in total. The first-order valence-corrected chi connectivity index (χ1v) is 5.85. The Kier molecular flexibility index (Phi) is 3.03. The molecule has 1 unspecified atom stereocenters. The molecule has 1 nitrogen and oxygen atoms in total. The maximum Gasteiger partial charge on any atom is 0.151 e. The second-order valence-electron chi connectivity index (χ2n) is 4.72. The van der Waals surface area contributed by atoms with E-state index in [1.807, 2.05) is 62.4 Å². The van der Waals surface area contributed by atoms with E-state index in [4.69, 9.17) is 0 Å². The standard InChI is InChI=1S/C16H17O/c1-12-7-6-9-14(11-12)16(3,17)15-10-5-4-8-13(15)2/h4-11H,1-3H3. The molecule has 0 amide bonds. The Balaban J connectivity index is 2.53. The van der Waals surface area contributed by atoms with E-state index >= 15 is 0 Å². The van der Waals surface area contributed by atoms with Crippen LogP contribution in [0.5, 0.6) is 0 Å². The highest BCUT2D eigenvalue weighted by atomic mass is 16.3. The minimum Gasteiger partial charge on any atom is -0.219 e. The Morgan fingerprint density at radius 1 is 0.941 bits per heavy atom. The molecule has 1 heteroatoms. The van der Waals surface area contributed by atoms with Crippen LogP contribution >= 0.6 is 0 Å². The van der Waals surface area contributed by atoms with Crippen LogP contribution in [0.2, 0.25) is 0 Å². The Morgan fingerprint density at radius 2 is 1.65 bits per heavy atom. The first-order chi connectivity index (χ1) is 8.01. The summed E-state index contributed by atoms with van der Waals surface area (Å²) in [5, 5.41) is 12.9. The topological polar surface area (TPSA) is 19.9 Å². The molecule has 1 radical (unpaired) electrons. The van der Waals surface area contributed by atoms with Gasteiger partial charge in [0.05, 0.1) is 0 Å². The van der Waals surface area contributed by atoms with E-state index in [1.165, 1.54) is 0 Å². The van der Waals surface area contributed by atoms with Gasteiger partial charge >= 0.3 is 0 Å². The minimum atomic E-state index is -1.18. The van der Waals surface area contributed by atoms with Crippen molar-refractivity contribution in [3.05, 3.63) is 70.8 Å². The molecule has 0 bridgehead atoms. The van der Waals surface area contributed by atoms with Gasteiger partial charge in [-0.05, 0) is 37.5 Å². The van der Waals surface area contributed by atoms with Crippen molar-refractivity contribution >= 4 is 0 Å². The quantitative estimate of drug-likeness (QED) is 0.736. The maximum absolute atomic E-state index is 12.9. The second-order valence-corrected chi connectivity index (χ2v) is 4.72. The normalized spacial score (nSPS) is 14.4. The van der Waals surface area contributed by atoms with Crippen molar-refractivity contribution < 1.29 is 5.11 Å². The zero-order valence-electron chi connectivity index (χ0n) is 10.5. The van der Waals surface area contributed by atoms with Crippen molar-refractivity contribution in [1.82, 2.24) is 0 Å². The smallest absolute Gasteiger partial charge is 0.151 e. The molecule has 0 saturated heterocycles. The lowest BCUT2D eigenvalue weighted by Crippen LogP contribution is -2.22. The van der Waals surface area contributed by atoms with Crippen LogP contribution in [-0.4, -0.2) is 0 Å². The lowest BCUT2D eigenvalue weighted by atomic mass is 9.85. The summed E-state index contributed by atoms with van der Waals surface area (Å²) in [7, 11) is 0. The van der Waals surface area contributed by atoms with Crippen LogP contribution in [0.25, 0.3) is 0 Å². The number of rotatable bonds is 2. The zero-order chi connectivity index (χ0) is 12.5. The average Bonchev–Trinajstić information content (AvgIpc) is 2.29. The number of aryl methyl sites for hydroxylation is 2. The van der Waals surface area contributed by atoms with E-state index in [-0.39, 0.29) is 0 Å². The lowest BCUT2D eigenvalue weighted by molar-refractivity contribution is 0.0201. The highest BCUT2D eigenvalue weighted by Gasteiger charge is 2.29. The predicted octanol–water partition coefficient (Wildman–Crippen LogP) is 4.00. The Morgan fingerprint density at radius 3 is 2.29 bits per heavy atom. The molecule has 17 heavy (non-hydrogen) atoms. The summed E-state index contributed by atoms with van der Waals surface area (Å²) in [6, 6.07) is 15.6. The van der Waals surface area contributed by atoms with Crippen molar-refractivity contribution in [2.75, 3.05) is 0 Å². The van der Waals surface area contributed by atoms with Gasteiger partial charge in [-0.15, -0.1) is 0 Å². The molecule has 2 aromatic rings. The van der Waals surface area contributed by atoms with Crippen molar-refractivity contribution in [1.29, 1.82) is 0 Å². The molecule has 2 aromatic carbocycles. The maximum atomic E-state index is 12.9. The van der Waals surface area contributed by atoms with Gasteiger partial charge in [0.25, 0.3) is 0 Å². The molecule has 2 rings (SSSR count). The third kappa shape index (κ3) is 2.25. The van der Waals surface area contributed by atoms with Crippen LogP contribution < -0.4 is 0 Å². The fourth-order valence-corrected chi connectivity index (χ4v) is 2.21. The van der Waals surface area contributed by atoms with Gasteiger partial charge in [0.2, 0.25) is 0 Å². The molecule has 0 aliphatic carbocycles. The second kappa shape index (κ2) is 4.34. The molecule has 0 aliphatic heterocycles. The average molecular weight is 225 g/mol. The van der Waals surface area contributed by atoms with Crippen LogP contribution in [0.4, 0.5) is 0 Å². The molecule has 1 atom stereocenters. The van der Waals surface area contributed by atoms with Crippen LogP contribution in [0.1, 0.15) is 29.2 Å². The molecular formula is C16H17O. The van der Waals surface area contributed by atoms with E-state index in [0.29, 0.717) is 0 Å². The van der Waals surface area contributed by atoms with Gasteiger partial charge in [0, 0.05) is 0 Å². The third-order valence-corrected chi connectivity index (χ3v) is 3.23. The SMILES string of the molecule is Cc1cccc(C(C)([O])c2ccccc2C)c1. The monoisotopic (exact) mass is 225 g/mol. The van der Waals surface area contributed by atoms with E-state index in [1.54, 1.807) is 6.92 Å². The fraction of sp³-hybridized carbons (Fsp3) is 0.250. The first-order valence-electron chi connectivity index (χ1n) is 5.85. The van der Waals surface area contributed by atoms with Crippen LogP contribution in [-0.2, 0) is 10.7 Å². The summed E-state index contributed by atoms with van der Waals surface area (Å²) in [6.07, 6.45) is 0.